The van der Waals surface area contributed by atoms with Crippen LogP contribution in [-0.2, 0) is 14.3 Å². The highest BCUT2D eigenvalue weighted by Crippen LogP contribution is 2.19. The van der Waals surface area contributed by atoms with Gasteiger partial charge in [-0.3, -0.25) is 4.79 Å². The third-order valence-corrected chi connectivity index (χ3v) is 3.44. The zero-order chi connectivity index (χ0) is 15.2. The molecule has 0 saturated carbocycles. The standard InChI is InChI=1S/C15H18FNO4/c1-20-15(19)13-3-2-9-17(13)14(18)8-10-21-12-6-4-11(16)5-7-12/h4-7,13H,2-3,8-10H2,1H3. The highest BCUT2D eigenvalue weighted by Gasteiger charge is 2.34. The molecule has 1 unspecified atom stereocenters. The quantitative estimate of drug-likeness (QED) is 0.777. The molecule has 0 N–H and O–H groups in total. The van der Waals surface area contributed by atoms with Gasteiger partial charge in [-0.25, -0.2) is 9.18 Å². The fourth-order valence-electron chi connectivity index (χ4n) is 2.38. The van der Waals surface area contributed by atoms with E-state index in [2.05, 4.69) is 0 Å². The summed E-state index contributed by atoms with van der Waals surface area (Å²) < 4.78 is 22.8. The zero-order valence-electron chi connectivity index (χ0n) is 11.9. The molecule has 114 valence electrons. The van der Waals surface area contributed by atoms with E-state index in [0.717, 1.165) is 6.42 Å². The van der Waals surface area contributed by atoms with Gasteiger partial charge in [0.1, 0.15) is 17.6 Å². The van der Waals surface area contributed by atoms with Gasteiger partial charge in [-0.2, -0.15) is 0 Å². The van der Waals surface area contributed by atoms with Gasteiger partial charge < -0.3 is 14.4 Å². The second-order valence-electron chi connectivity index (χ2n) is 4.82. The van der Waals surface area contributed by atoms with Crippen LogP contribution in [0, 0.1) is 5.82 Å². The lowest BCUT2D eigenvalue weighted by Crippen LogP contribution is -2.41. The molecule has 0 bridgehead atoms. The van der Waals surface area contributed by atoms with E-state index in [9.17, 15) is 14.0 Å². The Bertz CT molecular complexity index is 503. The Labute approximate surface area is 122 Å². The van der Waals surface area contributed by atoms with Crippen molar-refractivity contribution in [3.63, 3.8) is 0 Å². The fraction of sp³-hybridized carbons (Fsp3) is 0.467. The summed E-state index contributed by atoms with van der Waals surface area (Å²) in [5, 5.41) is 0. The number of methoxy groups -OCH3 is 1. The number of likely N-dealkylation sites (tertiary alicyclic amines) is 1. The third kappa shape index (κ3) is 3.93. The van der Waals surface area contributed by atoms with Crippen molar-refractivity contribution in [3.8, 4) is 5.75 Å². The Morgan fingerprint density at radius 2 is 2.05 bits per heavy atom. The molecule has 6 heteroatoms. The molecule has 1 fully saturated rings. The van der Waals surface area contributed by atoms with Gasteiger partial charge in [-0.15, -0.1) is 0 Å². The van der Waals surface area contributed by atoms with Crippen LogP contribution in [0.5, 0.6) is 5.75 Å². The molecule has 1 atom stereocenters. The molecular weight excluding hydrogens is 277 g/mol. The van der Waals surface area contributed by atoms with Crippen molar-refractivity contribution in [2.75, 3.05) is 20.3 Å². The molecule has 1 saturated heterocycles. The Hall–Kier alpha value is -2.11. The van der Waals surface area contributed by atoms with Crippen molar-refractivity contribution in [3.05, 3.63) is 30.1 Å². The number of carbonyl (C=O) groups is 2. The molecule has 21 heavy (non-hydrogen) atoms. The minimum absolute atomic E-state index is 0.134. The van der Waals surface area contributed by atoms with Gasteiger partial charge >= 0.3 is 5.97 Å². The molecule has 0 radical (unpaired) electrons. The first-order valence-corrected chi connectivity index (χ1v) is 6.87. The maximum absolute atomic E-state index is 12.7. The van der Waals surface area contributed by atoms with Crippen LogP contribution in [-0.4, -0.2) is 43.1 Å². The predicted octanol–water partition coefficient (Wildman–Crippen LogP) is 1.76. The van der Waals surface area contributed by atoms with Crippen molar-refractivity contribution in [1.29, 1.82) is 0 Å². The van der Waals surface area contributed by atoms with E-state index in [1.807, 2.05) is 0 Å². The number of halogens is 1. The van der Waals surface area contributed by atoms with Gasteiger partial charge in [0, 0.05) is 6.54 Å². The first-order valence-electron chi connectivity index (χ1n) is 6.87. The number of ether oxygens (including phenoxy) is 2. The molecule has 0 aromatic heterocycles. The molecule has 0 aliphatic carbocycles. The summed E-state index contributed by atoms with van der Waals surface area (Å²) >= 11 is 0. The van der Waals surface area contributed by atoms with E-state index in [4.69, 9.17) is 9.47 Å². The van der Waals surface area contributed by atoms with Crippen LogP contribution in [0.4, 0.5) is 4.39 Å². The number of rotatable bonds is 5. The first kappa shape index (κ1) is 15.3. The second-order valence-corrected chi connectivity index (χ2v) is 4.82. The average Bonchev–Trinajstić information content (AvgIpc) is 2.98. The van der Waals surface area contributed by atoms with Crippen molar-refractivity contribution in [2.45, 2.75) is 25.3 Å². The molecule has 1 aromatic rings. The van der Waals surface area contributed by atoms with E-state index in [1.54, 1.807) is 4.90 Å². The summed E-state index contributed by atoms with van der Waals surface area (Å²) in [4.78, 5) is 25.2. The zero-order valence-corrected chi connectivity index (χ0v) is 11.9. The molecule has 5 nitrogen and oxygen atoms in total. The van der Waals surface area contributed by atoms with Crippen LogP contribution in [0.3, 0.4) is 0 Å². The summed E-state index contributed by atoms with van der Waals surface area (Å²) in [6.07, 6.45) is 1.60. The van der Waals surface area contributed by atoms with Crippen LogP contribution in [0.2, 0.25) is 0 Å². The molecule has 1 amide bonds. The molecule has 2 rings (SSSR count). The van der Waals surface area contributed by atoms with Crippen LogP contribution in [0.15, 0.2) is 24.3 Å². The molecule has 1 aliphatic rings. The number of carbonyl (C=O) groups excluding carboxylic acids is 2. The molecule has 1 aliphatic heterocycles. The number of nitrogens with zero attached hydrogens (tertiary/aromatic N) is 1. The predicted molar refractivity (Wildman–Crippen MR) is 73.3 cm³/mol. The number of amides is 1. The van der Waals surface area contributed by atoms with E-state index < -0.39 is 6.04 Å². The van der Waals surface area contributed by atoms with E-state index in [0.29, 0.717) is 18.7 Å². The number of hydrogen-bond acceptors (Lipinski definition) is 4. The SMILES string of the molecule is COC(=O)C1CCCN1C(=O)CCOc1ccc(F)cc1. The van der Waals surface area contributed by atoms with Crippen molar-refractivity contribution < 1.29 is 23.5 Å². The number of esters is 1. The Balaban J connectivity index is 1.81. The van der Waals surface area contributed by atoms with Crippen LogP contribution in [0.25, 0.3) is 0 Å². The van der Waals surface area contributed by atoms with Crippen LogP contribution < -0.4 is 4.74 Å². The number of hydrogen-bond donors (Lipinski definition) is 0. The Morgan fingerprint density at radius 1 is 1.33 bits per heavy atom. The van der Waals surface area contributed by atoms with Gasteiger partial charge in [-0.05, 0) is 37.1 Å². The molecular formula is C15H18FNO4. The summed E-state index contributed by atoms with van der Waals surface area (Å²) in [5.74, 6) is -0.336. The topological polar surface area (TPSA) is 55.8 Å². The van der Waals surface area contributed by atoms with Gasteiger partial charge in [0.2, 0.25) is 5.91 Å². The second kappa shape index (κ2) is 7.06. The van der Waals surface area contributed by atoms with Gasteiger partial charge in [0.15, 0.2) is 0 Å². The normalized spacial score (nSPS) is 17.6. The fourth-order valence-corrected chi connectivity index (χ4v) is 2.38. The molecule has 0 spiro atoms. The monoisotopic (exact) mass is 295 g/mol. The Kier molecular flexibility index (Phi) is 5.14. The first-order chi connectivity index (χ1) is 10.1. The Morgan fingerprint density at radius 3 is 2.71 bits per heavy atom. The maximum Gasteiger partial charge on any atom is 0.328 e. The summed E-state index contributed by atoms with van der Waals surface area (Å²) in [5.41, 5.74) is 0. The minimum Gasteiger partial charge on any atom is -0.493 e. The lowest BCUT2D eigenvalue weighted by Gasteiger charge is -2.22. The molecule has 1 aromatic carbocycles. The maximum atomic E-state index is 12.7. The average molecular weight is 295 g/mol. The molecule has 1 heterocycles. The van der Waals surface area contributed by atoms with Crippen molar-refractivity contribution >= 4 is 11.9 Å². The van der Waals surface area contributed by atoms with Crippen molar-refractivity contribution in [2.24, 2.45) is 0 Å². The van der Waals surface area contributed by atoms with Gasteiger partial charge in [0.25, 0.3) is 0 Å². The summed E-state index contributed by atoms with van der Waals surface area (Å²) in [6, 6.07) is 5.13. The van der Waals surface area contributed by atoms with Crippen molar-refractivity contribution in [1.82, 2.24) is 4.90 Å². The van der Waals surface area contributed by atoms with Crippen LogP contribution in [0.1, 0.15) is 19.3 Å². The lowest BCUT2D eigenvalue weighted by molar-refractivity contribution is -0.151. The van der Waals surface area contributed by atoms with E-state index in [1.165, 1.54) is 31.4 Å². The highest BCUT2D eigenvalue weighted by atomic mass is 19.1. The smallest absolute Gasteiger partial charge is 0.328 e. The third-order valence-electron chi connectivity index (χ3n) is 3.44. The summed E-state index contributed by atoms with van der Waals surface area (Å²) in [7, 11) is 1.32. The largest absolute Gasteiger partial charge is 0.493 e. The van der Waals surface area contributed by atoms with E-state index >= 15 is 0 Å². The van der Waals surface area contributed by atoms with Gasteiger partial charge in [-0.1, -0.05) is 0 Å². The highest BCUT2D eigenvalue weighted by molar-refractivity contribution is 5.85. The number of benzene rings is 1. The van der Waals surface area contributed by atoms with Gasteiger partial charge in [0.05, 0.1) is 20.1 Å². The van der Waals surface area contributed by atoms with E-state index in [-0.39, 0.29) is 30.7 Å². The summed E-state index contributed by atoms with van der Waals surface area (Å²) in [6.45, 7) is 0.754. The van der Waals surface area contributed by atoms with Crippen LogP contribution >= 0.6 is 0 Å². The minimum atomic E-state index is -0.478. The lowest BCUT2D eigenvalue weighted by atomic mass is 10.2.